The number of hydrogen-bond donors (Lipinski definition) is 1. The lowest BCUT2D eigenvalue weighted by molar-refractivity contribution is -0.385. The summed E-state index contributed by atoms with van der Waals surface area (Å²) in [6.07, 6.45) is -3.35. The van der Waals surface area contributed by atoms with Gasteiger partial charge in [0.25, 0.3) is 6.43 Å². The first-order valence-corrected chi connectivity index (χ1v) is 3.71. The van der Waals surface area contributed by atoms with Crippen LogP contribution in [0, 0.1) is 15.9 Å². The van der Waals surface area contributed by atoms with Gasteiger partial charge in [-0.15, -0.1) is 0 Å². The molecule has 0 aliphatic rings. The van der Waals surface area contributed by atoms with Crippen LogP contribution < -0.4 is 0 Å². The average molecular weight is 236 g/mol. The van der Waals surface area contributed by atoms with E-state index in [1.54, 1.807) is 0 Å². The highest BCUT2D eigenvalue weighted by molar-refractivity contribution is 5.90. The van der Waals surface area contributed by atoms with Crippen LogP contribution in [0.5, 0.6) is 0 Å². The summed E-state index contributed by atoms with van der Waals surface area (Å²) in [7, 11) is 0. The molecule has 1 aromatic heterocycles. The molecule has 0 aliphatic carbocycles. The number of aromatic nitrogens is 1. The van der Waals surface area contributed by atoms with Crippen molar-refractivity contribution in [3.05, 3.63) is 33.4 Å². The maximum absolute atomic E-state index is 12.9. The van der Waals surface area contributed by atoms with Crippen molar-refractivity contribution in [2.24, 2.45) is 0 Å². The van der Waals surface area contributed by atoms with Gasteiger partial charge in [-0.1, -0.05) is 0 Å². The molecule has 1 N–H and O–H groups in total. The zero-order valence-corrected chi connectivity index (χ0v) is 7.35. The number of pyridine rings is 1. The van der Waals surface area contributed by atoms with Gasteiger partial charge in [0.1, 0.15) is 5.69 Å². The van der Waals surface area contributed by atoms with E-state index in [9.17, 15) is 28.1 Å². The molecule has 0 saturated heterocycles. The molecule has 0 bridgehead atoms. The molecule has 86 valence electrons. The highest BCUT2D eigenvalue weighted by Gasteiger charge is 2.28. The molecule has 0 amide bonds. The summed E-state index contributed by atoms with van der Waals surface area (Å²) in [6.45, 7) is 0. The normalized spacial score (nSPS) is 10.5. The molecule has 0 atom stereocenters. The van der Waals surface area contributed by atoms with Crippen molar-refractivity contribution in [1.82, 2.24) is 4.98 Å². The second kappa shape index (κ2) is 4.13. The second-order valence-electron chi connectivity index (χ2n) is 2.59. The topological polar surface area (TPSA) is 93.3 Å². The Labute approximate surface area is 85.5 Å². The molecule has 1 aromatic rings. The van der Waals surface area contributed by atoms with E-state index in [0.29, 0.717) is 0 Å². The highest BCUT2D eigenvalue weighted by Crippen LogP contribution is 2.25. The number of hydrogen-bond acceptors (Lipinski definition) is 4. The fourth-order valence-electron chi connectivity index (χ4n) is 0.943. The van der Waals surface area contributed by atoms with Crippen LogP contribution in [0.4, 0.5) is 18.9 Å². The number of nitrogens with zero attached hydrogens (tertiary/aromatic N) is 2. The van der Waals surface area contributed by atoms with Crippen molar-refractivity contribution in [3.63, 3.8) is 0 Å². The fraction of sp³-hybridized carbons (Fsp3) is 0.143. The van der Waals surface area contributed by atoms with E-state index in [-0.39, 0.29) is 6.07 Å². The number of nitro groups is 1. The maximum atomic E-state index is 12.9. The van der Waals surface area contributed by atoms with Gasteiger partial charge in [-0.2, -0.15) is 0 Å². The number of carboxylic acid groups (broad SMARTS) is 1. The summed E-state index contributed by atoms with van der Waals surface area (Å²) in [5.41, 5.74) is -3.82. The Kier molecular flexibility index (Phi) is 3.06. The number of rotatable bonds is 3. The van der Waals surface area contributed by atoms with Gasteiger partial charge in [0.15, 0.2) is 5.82 Å². The van der Waals surface area contributed by atoms with Crippen molar-refractivity contribution >= 4 is 11.7 Å². The number of halogens is 3. The van der Waals surface area contributed by atoms with Gasteiger partial charge in [-0.3, -0.25) is 10.1 Å². The van der Waals surface area contributed by atoms with E-state index in [2.05, 4.69) is 4.98 Å². The lowest BCUT2D eigenvalue weighted by atomic mass is 10.2. The Morgan fingerprint density at radius 3 is 2.50 bits per heavy atom. The number of alkyl halides is 2. The van der Waals surface area contributed by atoms with Gasteiger partial charge in [0, 0.05) is 0 Å². The van der Waals surface area contributed by atoms with Crippen LogP contribution in [-0.2, 0) is 0 Å². The first kappa shape index (κ1) is 11.9. The van der Waals surface area contributed by atoms with Crippen LogP contribution in [0.15, 0.2) is 6.07 Å². The molecule has 0 aromatic carbocycles. The van der Waals surface area contributed by atoms with Crippen LogP contribution in [0.3, 0.4) is 0 Å². The highest BCUT2D eigenvalue weighted by atomic mass is 19.3. The summed E-state index contributed by atoms with van der Waals surface area (Å²) in [6, 6.07) is 0.109. The molecule has 16 heavy (non-hydrogen) atoms. The van der Waals surface area contributed by atoms with E-state index in [1.807, 2.05) is 0 Å². The minimum Gasteiger partial charge on any atom is -0.476 e. The van der Waals surface area contributed by atoms with Crippen LogP contribution in [0.1, 0.15) is 22.6 Å². The molecular formula is C7H3F3N2O4. The summed E-state index contributed by atoms with van der Waals surface area (Å²) in [5.74, 6) is -3.50. The SMILES string of the molecule is O=C(O)c1nc(C(F)F)c(F)cc1[N+](=O)[O-]. The van der Waals surface area contributed by atoms with Crippen molar-refractivity contribution in [2.45, 2.75) is 6.43 Å². The molecule has 0 saturated carbocycles. The molecule has 0 fully saturated rings. The minimum absolute atomic E-state index is 0.109. The van der Waals surface area contributed by atoms with Gasteiger partial charge in [0.2, 0.25) is 5.69 Å². The van der Waals surface area contributed by atoms with E-state index in [0.717, 1.165) is 0 Å². The van der Waals surface area contributed by atoms with Gasteiger partial charge < -0.3 is 5.11 Å². The molecule has 1 rings (SSSR count). The number of aromatic carboxylic acids is 1. The third-order valence-corrected chi connectivity index (χ3v) is 1.59. The Bertz CT molecular complexity index is 463. The van der Waals surface area contributed by atoms with E-state index in [4.69, 9.17) is 5.11 Å². The molecule has 9 heteroatoms. The van der Waals surface area contributed by atoms with Crippen molar-refractivity contribution < 1.29 is 28.0 Å². The summed E-state index contributed by atoms with van der Waals surface area (Å²) < 4.78 is 37.1. The summed E-state index contributed by atoms with van der Waals surface area (Å²) >= 11 is 0. The van der Waals surface area contributed by atoms with E-state index >= 15 is 0 Å². The third kappa shape index (κ3) is 2.07. The van der Waals surface area contributed by atoms with Crippen molar-refractivity contribution in [2.75, 3.05) is 0 Å². The van der Waals surface area contributed by atoms with Crippen LogP contribution in [0.2, 0.25) is 0 Å². The molecule has 0 radical (unpaired) electrons. The molecular weight excluding hydrogens is 233 g/mol. The maximum Gasteiger partial charge on any atom is 0.361 e. The van der Waals surface area contributed by atoms with Crippen LogP contribution in [0.25, 0.3) is 0 Å². The van der Waals surface area contributed by atoms with E-state index < -0.39 is 40.2 Å². The Hall–Kier alpha value is -2.19. The lowest BCUT2D eigenvalue weighted by Crippen LogP contribution is -2.10. The average Bonchev–Trinajstić information content (AvgIpc) is 2.15. The van der Waals surface area contributed by atoms with Gasteiger partial charge >= 0.3 is 11.7 Å². The zero-order chi connectivity index (χ0) is 12.5. The third-order valence-electron chi connectivity index (χ3n) is 1.59. The molecule has 0 spiro atoms. The molecule has 1 heterocycles. The summed E-state index contributed by atoms with van der Waals surface area (Å²) in [5, 5.41) is 18.8. The Morgan fingerprint density at radius 2 is 2.12 bits per heavy atom. The smallest absolute Gasteiger partial charge is 0.361 e. The van der Waals surface area contributed by atoms with Gasteiger partial charge in [-0.05, 0) is 0 Å². The molecule has 6 nitrogen and oxygen atoms in total. The zero-order valence-electron chi connectivity index (χ0n) is 7.35. The van der Waals surface area contributed by atoms with Crippen molar-refractivity contribution in [1.29, 1.82) is 0 Å². The number of carboxylic acids is 1. The van der Waals surface area contributed by atoms with Gasteiger partial charge in [0.05, 0.1) is 11.0 Å². The predicted molar refractivity (Wildman–Crippen MR) is 42.8 cm³/mol. The van der Waals surface area contributed by atoms with Gasteiger partial charge in [-0.25, -0.2) is 22.9 Å². The first-order valence-electron chi connectivity index (χ1n) is 3.71. The molecule has 0 unspecified atom stereocenters. The fourth-order valence-corrected chi connectivity index (χ4v) is 0.943. The summed E-state index contributed by atoms with van der Waals surface area (Å²) in [4.78, 5) is 22.3. The van der Waals surface area contributed by atoms with Crippen molar-refractivity contribution in [3.8, 4) is 0 Å². The largest absolute Gasteiger partial charge is 0.476 e. The Balaban J connectivity index is 3.49. The predicted octanol–water partition coefficient (Wildman–Crippen LogP) is 1.76. The second-order valence-corrected chi connectivity index (χ2v) is 2.59. The van der Waals surface area contributed by atoms with Crippen LogP contribution >= 0.6 is 0 Å². The molecule has 0 aliphatic heterocycles. The number of carbonyl (C=O) groups is 1. The Morgan fingerprint density at radius 1 is 1.56 bits per heavy atom. The monoisotopic (exact) mass is 236 g/mol. The standard InChI is InChI=1S/C7H3F3N2O4/c8-2-1-3(12(15)16)5(7(13)14)11-4(2)6(9)10/h1,6H,(H,13,14). The van der Waals surface area contributed by atoms with Crippen LogP contribution in [-0.4, -0.2) is 21.0 Å². The van der Waals surface area contributed by atoms with E-state index in [1.165, 1.54) is 0 Å². The first-order chi connectivity index (χ1) is 7.34. The quantitative estimate of drug-likeness (QED) is 0.637. The lowest BCUT2D eigenvalue weighted by Gasteiger charge is -2.03. The minimum atomic E-state index is -3.35.